The van der Waals surface area contributed by atoms with Gasteiger partial charge in [-0.25, -0.2) is 8.78 Å². The van der Waals surface area contributed by atoms with E-state index in [-0.39, 0.29) is 18.4 Å². The minimum atomic E-state index is -0.935. The Morgan fingerprint density at radius 1 is 1.28 bits per heavy atom. The zero-order chi connectivity index (χ0) is 13.1. The van der Waals surface area contributed by atoms with Crippen LogP contribution in [0.4, 0.5) is 8.78 Å². The van der Waals surface area contributed by atoms with Gasteiger partial charge in [0.05, 0.1) is 0 Å². The van der Waals surface area contributed by atoms with E-state index in [0.717, 1.165) is 21.5 Å². The highest BCUT2D eigenvalue weighted by Gasteiger charge is 2.15. The van der Waals surface area contributed by atoms with Gasteiger partial charge < -0.3 is 10.5 Å². The van der Waals surface area contributed by atoms with Crippen LogP contribution in [0, 0.1) is 11.6 Å². The Bertz CT molecular complexity index is 547. The van der Waals surface area contributed by atoms with Gasteiger partial charge in [0.15, 0.2) is 11.6 Å². The lowest BCUT2D eigenvalue weighted by Gasteiger charge is -2.16. The van der Waals surface area contributed by atoms with E-state index in [1.54, 1.807) is 0 Å². The molecule has 0 aliphatic carbocycles. The lowest BCUT2D eigenvalue weighted by Crippen LogP contribution is -2.17. The molecule has 0 amide bonds. The van der Waals surface area contributed by atoms with Gasteiger partial charge >= 0.3 is 0 Å². The first-order chi connectivity index (χ1) is 8.60. The molecule has 0 aliphatic rings. The van der Waals surface area contributed by atoms with Crippen LogP contribution in [0.15, 0.2) is 34.1 Å². The predicted octanol–water partition coefficient (Wildman–Crippen LogP) is 3.87. The average Bonchev–Trinajstić information content (AvgIpc) is 2.77. The summed E-state index contributed by atoms with van der Waals surface area (Å²) in [4.78, 5) is 0.925. The average molecular weight is 334 g/mol. The molecular formula is C12H10BrF2NOS. The number of rotatable bonds is 4. The molecule has 0 bridgehead atoms. The summed E-state index contributed by atoms with van der Waals surface area (Å²) >= 11 is 4.83. The van der Waals surface area contributed by atoms with Crippen LogP contribution in [0.2, 0.25) is 0 Å². The summed E-state index contributed by atoms with van der Waals surface area (Å²) in [6.07, 6.45) is -0.369. The van der Waals surface area contributed by atoms with Gasteiger partial charge in [0, 0.05) is 27.3 Å². The number of halogens is 3. The summed E-state index contributed by atoms with van der Waals surface area (Å²) in [5, 5.41) is 1.91. The first kappa shape index (κ1) is 13.5. The fourth-order valence-corrected chi connectivity index (χ4v) is 2.92. The number of benzene rings is 1. The second-order valence-electron chi connectivity index (χ2n) is 3.59. The summed E-state index contributed by atoms with van der Waals surface area (Å²) in [5.41, 5.74) is 5.63. The molecule has 18 heavy (non-hydrogen) atoms. The molecule has 1 aromatic heterocycles. The maximum atomic E-state index is 13.0. The summed E-state index contributed by atoms with van der Waals surface area (Å²) in [5.74, 6) is -1.57. The highest BCUT2D eigenvalue weighted by atomic mass is 79.9. The van der Waals surface area contributed by atoms with Crippen molar-refractivity contribution < 1.29 is 13.5 Å². The topological polar surface area (TPSA) is 35.2 Å². The van der Waals surface area contributed by atoms with Gasteiger partial charge in [-0.05, 0) is 34.1 Å². The molecule has 6 heteroatoms. The number of thiophene rings is 1. The van der Waals surface area contributed by atoms with Gasteiger partial charge in [0.1, 0.15) is 11.9 Å². The second kappa shape index (κ2) is 5.77. The van der Waals surface area contributed by atoms with E-state index < -0.39 is 11.6 Å². The zero-order valence-corrected chi connectivity index (χ0v) is 11.6. The Balaban J connectivity index is 2.17. The Morgan fingerprint density at radius 3 is 2.61 bits per heavy atom. The molecule has 2 aromatic rings. The molecule has 0 aliphatic heterocycles. The van der Waals surface area contributed by atoms with Crippen molar-refractivity contribution in [3.63, 3.8) is 0 Å². The van der Waals surface area contributed by atoms with Gasteiger partial charge in [-0.15, -0.1) is 11.3 Å². The largest absolute Gasteiger partial charge is 0.483 e. The summed E-state index contributed by atoms with van der Waals surface area (Å²) in [7, 11) is 0. The molecule has 1 aromatic carbocycles. The second-order valence-corrected chi connectivity index (χ2v) is 5.44. The fourth-order valence-electron chi connectivity index (χ4n) is 1.43. The van der Waals surface area contributed by atoms with Crippen molar-refractivity contribution in [3.8, 4) is 5.75 Å². The SMILES string of the molecule is NCC(Oc1ccc(F)c(F)c1)c1cc(Br)cs1. The van der Waals surface area contributed by atoms with Gasteiger partial charge in [-0.1, -0.05) is 0 Å². The van der Waals surface area contributed by atoms with Crippen LogP contribution in [0.3, 0.4) is 0 Å². The van der Waals surface area contributed by atoms with Crippen molar-refractivity contribution in [2.75, 3.05) is 6.54 Å². The number of hydrogen-bond donors (Lipinski definition) is 1. The van der Waals surface area contributed by atoms with E-state index in [1.165, 1.54) is 17.4 Å². The molecule has 1 unspecified atom stereocenters. The lowest BCUT2D eigenvalue weighted by molar-refractivity contribution is 0.216. The van der Waals surface area contributed by atoms with E-state index in [2.05, 4.69) is 15.9 Å². The minimum Gasteiger partial charge on any atom is -0.483 e. The molecule has 0 saturated carbocycles. The molecule has 2 nitrogen and oxygen atoms in total. The van der Waals surface area contributed by atoms with E-state index in [9.17, 15) is 8.78 Å². The molecule has 0 saturated heterocycles. The first-order valence-electron chi connectivity index (χ1n) is 5.16. The Morgan fingerprint density at radius 2 is 2.06 bits per heavy atom. The molecule has 0 spiro atoms. The van der Waals surface area contributed by atoms with Crippen molar-refractivity contribution in [1.29, 1.82) is 0 Å². The number of nitrogens with two attached hydrogens (primary N) is 1. The third kappa shape index (κ3) is 3.07. The Kier molecular flexibility index (Phi) is 4.31. The van der Waals surface area contributed by atoms with E-state index in [4.69, 9.17) is 10.5 Å². The normalized spacial score (nSPS) is 12.4. The molecule has 1 heterocycles. The molecule has 2 rings (SSSR count). The van der Waals surface area contributed by atoms with Crippen molar-refractivity contribution in [2.24, 2.45) is 5.73 Å². The van der Waals surface area contributed by atoms with Gasteiger partial charge in [0.2, 0.25) is 0 Å². The number of hydrogen-bond acceptors (Lipinski definition) is 3. The van der Waals surface area contributed by atoms with Crippen LogP contribution in [-0.2, 0) is 0 Å². The minimum absolute atomic E-state index is 0.256. The van der Waals surface area contributed by atoms with Gasteiger partial charge in [-0.3, -0.25) is 0 Å². The number of ether oxygens (including phenoxy) is 1. The zero-order valence-electron chi connectivity index (χ0n) is 9.20. The van der Waals surface area contributed by atoms with Crippen LogP contribution >= 0.6 is 27.3 Å². The highest BCUT2D eigenvalue weighted by molar-refractivity contribution is 9.10. The molecule has 1 atom stereocenters. The molecule has 0 radical (unpaired) electrons. The molecule has 2 N–H and O–H groups in total. The lowest BCUT2D eigenvalue weighted by atomic mass is 10.2. The van der Waals surface area contributed by atoms with Crippen LogP contribution in [-0.4, -0.2) is 6.54 Å². The summed E-state index contributed by atoms with van der Waals surface area (Å²) in [6.45, 7) is 0.256. The van der Waals surface area contributed by atoms with E-state index in [0.29, 0.717) is 0 Å². The summed E-state index contributed by atoms with van der Waals surface area (Å²) in [6, 6.07) is 5.31. The van der Waals surface area contributed by atoms with Gasteiger partial charge in [-0.2, -0.15) is 0 Å². The fraction of sp³-hybridized carbons (Fsp3) is 0.167. The van der Waals surface area contributed by atoms with Crippen molar-refractivity contribution in [1.82, 2.24) is 0 Å². The van der Waals surface area contributed by atoms with E-state index >= 15 is 0 Å². The monoisotopic (exact) mass is 333 g/mol. The molecule has 0 fully saturated rings. The standard InChI is InChI=1S/C12H10BrF2NOS/c13-7-3-12(18-6-7)11(5-16)17-8-1-2-9(14)10(15)4-8/h1-4,6,11H,5,16H2. The first-order valence-corrected chi connectivity index (χ1v) is 6.83. The molecule has 96 valence electrons. The maximum Gasteiger partial charge on any atom is 0.162 e. The van der Waals surface area contributed by atoms with Gasteiger partial charge in [0.25, 0.3) is 0 Å². The quantitative estimate of drug-likeness (QED) is 0.921. The third-order valence-electron chi connectivity index (χ3n) is 2.29. The Hall–Kier alpha value is -0.980. The third-order valence-corrected chi connectivity index (χ3v) is 4.07. The van der Waals surface area contributed by atoms with E-state index in [1.807, 2.05) is 11.4 Å². The summed E-state index contributed by atoms with van der Waals surface area (Å²) < 4.78 is 32.3. The smallest absolute Gasteiger partial charge is 0.162 e. The highest BCUT2D eigenvalue weighted by Crippen LogP contribution is 2.29. The van der Waals surface area contributed by atoms with Crippen LogP contribution in [0.5, 0.6) is 5.75 Å². The van der Waals surface area contributed by atoms with Crippen molar-refractivity contribution in [2.45, 2.75) is 6.10 Å². The van der Waals surface area contributed by atoms with Crippen molar-refractivity contribution in [3.05, 3.63) is 50.6 Å². The van der Waals surface area contributed by atoms with Crippen LogP contribution in [0.25, 0.3) is 0 Å². The predicted molar refractivity (Wildman–Crippen MR) is 70.8 cm³/mol. The maximum absolute atomic E-state index is 13.0. The van der Waals surface area contributed by atoms with Crippen LogP contribution in [0.1, 0.15) is 11.0 Å². The van der Waals surface area contributed by atoms with Crippen molar-refractivity contribution >= 4 is 27.3 Å². The Labute approximate surface area is 116 Å². The molecular weight excluding hydrogens is 324 g/mol. The van der Waals surface area contributed by atoms with Crippen LogP contribution < -0.4 is 10.5 Å².